The number of rotatable bonds is 3. The van der Waals surface area contributed by atoms with E-state index in [0.717, 1.165) is 38.1 Å². The average Bonchev–Trinajstić information content (AvgIpc) is 3.32. The van der Waals surface area contributed by atoms with Gasteiger partial charge in [0.2, 0.25) is 0 Å². The second-order valence-corrected chi connectivity index (χ2v) is 9.48. The van der Waals surface area contributed by atoms with Crippen LogP contribution in [0.1, 0.15) is 0 Å². The lowest BCUT2D eigenvalue weighted by Gasteiger charge is -2.18. The van der Waals surface area contributed by atoms with Crippen LogP contribution in [0.4, 0.5) is 0 Å². The molecule has 0 radical (unpaired) electrons. The van der Waals surface area contributed by atoms with Gasteiger partial charge in [0.25, 0.3) is 0 Å². The number of para-hydroxylation sites is 1. The molecule has 0 aliphatic heterocycles. The van der Waals surface area contributed by atoms with E-state index in [1.807, 2.05) is 24.3 Å². The molecule has 7 rings (SSSR count). The number of furan rings is 1. The van der Waals surface area contributed by atoms with Crippen molar-refractivity contribution < 1.29 is 4.42 Å². The second-order valence-electron chi connectivity index (χ2n) is 9.04. The van der Waals surface area contributed by atoms with Gasteiger partial charge < -0.3 is 4.42 Å². The summed E-state index contributed by atoms with van der Waals surface area (Å²) in [4.78, 5) is 0. The van der Waals surface area contributed by atoms with E-state index in [9.17, 15) is 0 Å². The van der Waals surface area contributed by atoms with Crippen LogP contribution in [0, 0.1) is 0 Å². The molecule has 36 heavy (non-hydrogen) atoms. The van der Waals surface area contributed by atoms with Crippen LogP contribution in [0.15, 0.2) is 132 Å². The van der Waals surface area contributed by atoms with Crippen molar-refractivity contribution in [2.45, 2.75) is 0 Å². The van der Waals surface area contributed by atoms with Crippen molar-refractivity contribution in [1.29, 1.82) is 0 Å². The lowest BCUT2D eigenvalue weighted by atomic mass is 9.85. The first-order valence-corrected chi connectivity index (χ1v) is 12.4. The van der Waals surface area contributed by atoms with Crippen molar-refractivity contribution in [3.05, 3.63) is 132 Å². The molecular weight excluding hydrogens is 460 g/mol. The van der Waals surface area contributed by atoms with Crippen molar-refractivity contribution in [3.8, 4) is 33.4 Å². The van der Waals surface area contributed by atoms with E-state index in [0.29, 0.717) is 0 Å². The van der Waals surface area contributed by atoms with Crippen LogP contribution in [0.3, 0.4) is 0 Å². The molecule has 0 atom stereocenters. The first-order valence-electron chi connectivity index (χ1n) is 12.1. The van der Waals surface area contributed by atoms with Crippen molar-refractivity contribution in [2.75, 3.05) is 0 Å². The van der Waals surface area contributed by atoms with Crippen LogP contribution >= 0.6 is 11.6 Å². The average molecular weight is 481 g/mol. The Hall–Kier alpha value is -4.33. The van der Waals surface area contributed by atoms with Crippen LogP contribution in [-0.2, 0) is 0 Å². The molecule has 0 amide bonds. The summed E-state index contributed by atoms with van der Waals surface area (Å²) in [7, 11) is 0. The molecule has 1 aromatic heterocycles. The van der Waals surface area contributed by atoms with Crippen molar-refractivity contribution in [2.24, 2.45) is 0 Å². The number of benzene rings is 6. The maximum atomic E-state index is 6.32. The van der Waals surface area contributed by atoms with Crippen LogP contribution in [0.5, 0.6) is 0 Å². The fourth-order valence-electron chi connectivity index (χ4n) is 5.38. The molecular formula is C34H21ClO. The Bertz CT molecular complexity index is 1880. The highest BCUT2D eigenvalue weighted by Crippen LogP contribution is 2.45. The van der Waals surface area contributed by atoms with Gasteiger partial charge in [-0.2, -0.15) is 0 Å². The summed E-state index contributed by atoms with van der Waals surface area (Å²) in [5, 5.41) is 5.43. The minimum absolute atomic E-state index is 0.728. The Morgan fingerprint density at radius 3 is 2.03 bits per heavy atom. The monoisotopic (exact) mass is 480 g/mol. The van der Waals surface area contributed by atoms with Crippen LogP contribution < -0.4 is 0 Å². The molecule has 1 nitrogen and oxygen atoms in total. The Morgan fingerprint density at radius 1 is 0.444 bits per heavy atom. The Labute approximate surface area is 214 Å². The summed E-state index contributed by atoms with van der Waals surface area (Å²) in [5.74, 6) is 0. The van der Waals surface area contributed by atoms with Gasteiger partial charge in [-0.1, -0.05) is 115 Å². The lowest BCUT2D eigenvalue weighted by molar-refractivity contribution is 0.669. The molecule has 1 heterocycles. The largest absolute Gasteiger partial charge is 0.456 e. The molecule has 0 bridgehead atoms. The van der Waals surface area contributed by atoms with E-state index in [1.54, 1.807) is 0 Å². The summed E-state index contributed by atoms with van der Waals surface area (Å²) >= 11 is 6.32. The highest BCUT2D eigenvalue weighted by atomic mass is 35.5. The van der Waals surface area contributed by atoms with E-state index >= 15 is 0 Å². The van der Waals surface area contributed by atoms with Gasteiger partial charge in [0.1, 0.15) is 11.2 Å². The molecule has 2 heteroatoms. The van der Waals surface area contributed by atoms with Gasteiger partial charge >= 0.3 is 0 Å². The third-order valence-corrected chi connectivity index (χ3v) is 7.21. The van der Waals surface area contributed by atoms with Gasteiger partial charge in [0.15, 0.2) is 0 Å². The predicted molar refractivity (Wildman–Crippen MR) is 153 cm³/mol. The normalized spacial score (nSPS) is 11.5. The maximum Gasteiger partial charge on any atom is 0.136 e. The smallest absolute Gasteiger partial charge is 0.136 e. The molecule has 0 saturated heterocycles. The number of hydrogen-bond donors (Lipinski definition) is 0. The SMILES string of the molecule is Clc1ccc(-c2c(-c3cccc4oc5ccccc5c34)ccc3cccc(-c4ccccc4)c23)cc1. The van der Waals surface area contributed by atoms with Gasteiger partial charge in [0.05, 0.1) is 0 Å². The fraction of sp³-hybridized carbons (Fsp3) is 0. The molecule has 0 unspecified atom stereocenters. The highest BCUT2D eigenvalue weighted by molar-refractivity contribution is 6.30. The number of fused-ring (bicyclic) bond motifs is 4. The summed E-state index contributed by atoms with van der Waals surface area (Å²) in [6.45, 7) is 0. The quantitative estimate of drug-likeness (QED) is 0.245. The Morgan fingerprint density at radius 2 is 1.17 bits per heavy atom. The molecule has 170 valence electrons. The third kappa shape index (κ3) is 3.32. The summed E-state index contributed by atoms with van der Waals surface area (Å²) in [5.41, 5.74) is 8.87. The first kappa shape index (κ1) is 21.0. The minimum atomic E-state index is 0.728. The van der Waals surface area contributed by atoms with E-state index in [-0.39, 0.29) is 0 Å². The minimum Gasteiger partial charge on any atom is -0.456 e. The van der Waals surface area contributed by atoms with Gasteiger partial charge in [-0.05, 0) is 68.4 Å². The third-order valence-electron chi connectivity index (χ3n) is 6.96. The van der Waals surface area contributed by atoms with E-state index in [4.69, 9.17) is 16.0 Å². The lowest BCUT2D eigenvalue weighted by Crippen LogP contribution is -1.91. The van der Waals surface area contributed by atoms with Gasteiger partial charge in [0, 0.05) is 15.8 Å². The topological polar surface area (TPSA) is 13.1 Å². The number of halogens is 1. The first-order chi connectivity index (χ1) is 17.8. The van der Waals surface area contributed by atoms with Crippen molar-refractivity contribution in [3.63, 3.8) is 0 Å². The van der Waals surface area contributed by atoms with Crippen molar-refractivity contribution in [1.82, 2.24) is 0 Å². The standard InChI is InChI=1S/C34H21ClO/c35-25-19-16-24(17-20-25)33-28(27-13-7-15-31-34(27)29-11-4-5-14-30(29)36-31)21-18-23-10-6-12-26(32(23)33)22-8-2-1-3-9-22/h1-21H. The fourth-order valence-corrected chi connectivity index (χ4v) is 5.50. The van der Waals surface area contributed by atoms with E-state index in [2.05, 4.69) is 103 Å². The molecule has 0 N–H and O–H groups in total. The van der Waals surface area contributed by atoms with Crippen LogP contribution in [0.25, 0.3) is 66.1 Å². The Kier molecular flexibility index (Phi) is 4.90. The zero-order valence-corrected chi connectivity index (χ0v) is 20.2. The summed E-state index contributed by atoms with van der Waals surface area (Å²) in [6, 6.07) is 44.4. The van der Waals surface area contributed by atoms with Gasteiger partial charge in [-0.3, -0.25) is 0 Å². The van der Waals surface area contributed by atoms with Crippen LogP contribution in [-0.4, -0.2) is 0 Å². The highest BCUT2D eigenvalue weighted by Gasteiger charge is 2.19. The van der Waals surface area contributed by atoms with E-state index < -0.39 is 0 Å². The van der Waals surface area contributed by atoms with Crippen molar-refractivity contribution >= 4 is 44.3 Å². The van der Waals surface area contributed by atoms with E-state index in [1.165, 1.54) is 33.0 Å². The predicted octanol–water partition coefficient (Wildman–Crippen LogP) is 10.4. The molecule has 6 aromatic carbocycles. The number of hydrogen-bond acceptors (Lipinski definition) is 1. The zero-order valence-electron chi connectivity index (χ0n) is 19.4. The molecule has 0 saturated carbocycles. The molecule has 0 aliphatic rings. The van der Waals surface area contributed by atoms with Crippen LogP contribution in [0.2, 0.25) is 5.02 Å². The van der Waals surface area contributed by atoms with Gasteiger partial charge in [-0.15, -0.1) is 0 Å². The molecule has 7 aromatic rings. The molecule has 0 aliphatic carbocycles. The zero-order chi connectivity index (χ0) is 24.1. The maximum absolute atomic E-state index is 6.32. The molecule has 0 spiro atoms. The summed E-state index contributed by atoms with van der Waals surface area (Å²) < 4.78 is 6.24. The Balaban J connectivity index is 1.65. The molecule has 0 fully saturated rings. The van der Waals surface area contributed by atoms with Gasteiger partial charge in [-0.25, -0.2) is 0 Å². The summed E-state index contributed by atoms with van der Waals surface area (Å²) in [6.07, 6.45) is 0. The second kappa shape index (κ2) is 8.41.